The van der Waals surface area contributed by atoms with Gasteiger partial charge in [-0.3, -0.25) is 0 Å². The molecule has 2 heterocycles. The van der Waals surface area contributed by atoms with Gasteiger partial charge in [0.2, 0.25) is 0 Å². The van der Waals surface area contributed by atoms with Crippen LogP contribution in [0.25, 0.3) is 78.4 Å². The number of aromatic nitrogens is 3. The van der Waals surface area contributed by atoms with Crippen molar-refractivity contribution in [2.75, 3.05) is 0 Å². The lowest BCUT2D eigenvalue weighted by molar-refractivity contribution is 0.669. The molecule has 4 heteroatoms. The van der Waals surface area contributed by atoms with Gasteiger partial charge in [-0.1, -0.05) is 152 Å². The number of hydrogen-bond donors (Lipinski definition) is 0. The van der Waals surface area contributed by atoms with Crippen LogP contribution < -0.4 is 0 Å². The molecule has 0 fully saturated rings. The SMILES string of the molecule is c1ccc(-c2nc(-c3ccccc3)nc(-c3ccc4c(c3)C3(c5ccccc5-c5ccccc53)c3ccc5c(oc6ccccc65)c3-4)n2)cc1. The van der Waals surface area contributed by atoms with Crippen molar-refractivity contribution >= 4 is 21.9 Å². The highest BCUT2D eigenvalue weighted by molar-refractivity contribution is 6.13. The second-order valence-corrected chi connectivity index (χ2v) is 13.1. The van der Waals surface area contributed by atoms with Crippen LogP contribution in [0.3, 0.4) is 0 Å². The predicted molar refractivity (Wildman–Crippen MR) is 200 cm³/mol. The summed E-state index contributed by atoms with van der Waals surface area (Å²) in [6.45, 7) is 0. The molecule has 2 aliphatic carbocycles. The molecule has 0 amide bonds. The van der Waals surface area contributed by atoms with Gasteiger partial charge in [-0.25, -0.2) is 15.0 Å². The van der Waals surface area contributed by atoms with E-state index in [1.807, 2.05) is 66.7 Å². The monoisotopic (exact) mass is 637 g/mol. The van der Waals surface area contributed by atoms with Crippen LogP contribution in [0.2, 0.25) is 0 Å². The summed E-state index contributed by atoms with van der Waals surface area (Å²) in [5.41, 5.74) is 13.9. The second-order valence-electron chi connectivity index (χ2n) is 13.1. The standard InChI is InChI=1S/C46H27N3O/c1-3-13-28(14-4-1)43-47-44(29-15-5-2-6-16-29)49-45(48-43)30-23-24-35-39(27-30)46(36-20-10-7-17-31(36)32-18-8-11-21-37(32)46)38-26-25-34-33-19-9-12-22-40(33)50-42(34)41(35)38/h1-27H. The molecule has 9 aromatic rings. The number of benzene rings is 7. The topological polar surface area (TPSA) is 51.8 Å². The smallest absolute Gasteiger partial charge is 0.164 e. The summed E-state index contributed by atoms with van der Waals surface area (Å²) in [5.74, 6) is 1.93. The van der Waals surface area contributed by atoms with Gasteiger partial charge in [-0.05, 0) is 51.1 Å². The van der Waals surface area contributed by atoms with Crippen molar-refractivity contribution in [3.8, 4) is 56.4 Å². The molecule has 1 spiro atoms. The molecule has 2 aliphatic rings. The lowest BCUT2D eigenvalue weighted by Gasteiger charge is -2.30. The quantitative estimate of drug-likeness (QED) is 0.193. The van der Waals surface area contributed by atoms with E-state index in [0.29, 0.717) is 17.5 Å². The van der Waals surface area contributed by atoms with E-state index in [-0.39, 0.29) is 0 Å². The van der Waals surface area contributed by atoms with Crippen LogP contribution in [0.15, 0.2) is 168 Å². The summed E-state index contributed by atoms with van der Waals surface area (Å²) < 4.78 is 6.74. The first-order chi connectivity index (χ1) is 24.8. The van der Waals surface area contributed by atoms with Gasteiger partial charge in [0.25, 0.3) is 0 Å². The number of furan rings is 1. The summed E-state index contributed by atoms with van der Waals surface area (Å²) in [6.07, 6.45) is 0. The number of para-hydroxylation sites is 1. The van der Waals surface area contributed by atoms with Crippen molar-refractivity contribution in [3.05, 3.63) is 186 Å². The molecule has 0 radical (unpaired) electrons. The molecule has 0 atom stereocenters. The van der Waals surface area contributed by atoms with Gasteiger partial charge in [0.1, 0.15) is 11.2 Å². The highest BCUT2D eigenvalue weighted by Crippen LogP contribution is 2.64. The Morgan fingerprint density at radius 1 is 0.380 bits per heavy atom. The van der Waals surface area contributed by atoms with Crippen LogP contribution in [-0.2, 0) is 5.41 Å². The number of rotatable bonds is 3. The molecule has 0 bridgehead atoms. The Balaban J connectivity index is 1.23. The maximum Gasteiger partial charge on any atom is 0.164 e. The van der Waals surface area contributed by atoms with Crippen molar-refractivity contribution in [2.24, 2.45) is 0 Å². The van der Waals surface area contributed by atoms with E-state index in [2.05, 4.69) is 97.1 Å². The Morgan fingerprint density at radius 3 is 1.60 bits per heavy atom. The van der Waals surface area contributed by atoms with Crippen molar-refractivity contribution in [3.63, 3.8) is 0 Å². The fourth-order valence-electron chi connectivity index (χ4n) is 8.48. The lowest BCUT2D eigenvalue weighted by Crippen LogP contribution is -2.25. The molecule has 11 rings (SSSR count). The maximum atomic E-state index is 6.74. The average Bonchev–Trinajstić information content (AvgIpc) is 3.82. The number of fused-ring (bicyclic) bond motifs is 14. The maximum absolute atomic E-state index is 6.74. The summed E-state index contributed by atoms with van der Waals surface area (Å²) in [4.78, 5) is 15.2. The summed E-state index contributed by atoms with van der Waals surface area (Å²) >= 11 is 0. The highest BCUT2D eigenvalue weighted by Gasteiger charge is 2.52. The summed E-state index contributed by atoms with van der Waals surface area (Å²) in [7, 11) is 0. The van der Waals surface area contributed by atoms with Crippen LogP contribution in [0.4, 0.5) is 0 Å². The fourth-order valence-corrected chi connectivity index (χ4v) is 8.48. The van der Waals surface area contributed by atoms with E-state index in [1.54, 1.807) is 0 Å². The van der Waals surface area contributed by atoms with E-state index < -0.39 is 5.41 Å². The number of nitrogens with zero attached hydrogens (tertiary/aromatic N) is 3. The Bertz CT molecular complexity index is 2720. The van der Waals surface area contributed by atoms with Crippen molar-refractivity contribution < 1.29 is 4.42 Å². The first-order valence-corrected chi connectivity index (χ1v) is 17.0. The Hall–Kier alpha value is -6.65. The van der Waals surface area contributed by atoms with Crippen LogP contribution in [0, 0.1) is 0 Å². The van der Waals surface area contributed by atoms with E-state index in [4.69, 9.17) is 19.4 Å². The molecule has 0 aliphatic heterocycles. The molecule has 7 aromatic carbocycles. The normalized spacial score (nSPS) is 13.4. The molecule has 0 saturated heterocycles. The van der Waals surface area contributed by atoms with Crippen LogP contribution in [-0.4, -0.2) is 15.0 Å². The van der Waals surface area contributed by atoms with Crippen LogP contribution >= 0.6 is 0 Å². The molecule has 0 unspecified atom stereocenters. The van der Waals surface area contributed by atoms with Gasteiger partial charge in [0.15, 0.2) is 17.5 Å². The van der Waals surface area contributed by atoms with Crippen molar-refractivity contribution in [1.82, 2.24) is 15.0 Å². The largest absolute Gasteiger partial charge is 0.455 e. The molecule has 2 aromatic heterocycles. The predicted octanol–water partition coefficient (Wildman–Crippen LogP) is 11.1. The van der Waals surface area contributed by atoms with Crippen LogP contribution in [0.5, 0.6) is 0 Å². The van der Waals surface area contributed by atoms with Gasteiger partial charge in [0, 0.05) is 33.0 Å². The minimum atomic E-state index is -0.543. The van der Waals surface area contributed by atoms with Gasteiger partial charge < -0.3 is 4.42 Å². The lowest BCUT2D eigenvalue weighted by atomic mass is 9.70. The first kappa shape index (κ1) is 27.3. The van der Waals surface area contributed by atoms with E-state index in [1.165, 1.54) is 38.9 Å². The minimum absolute atomic E-state index is 0.543. The molecular weight excluding hydrogens is 611 g/mol. The Labute approximate surface area is 288 Å². The zero-order valence-corrected chi connectivity index (χ0v) is 26.8. The van der Waals surface area contributed by atoms with Gasteiger partial charge >= 0.3 is 0 Å². The second kappa shape index (κ2) is 10.2. The first-order valence-electron chi connectivity index (χ1n) is 17.0. The molecule has 0 N–H and O–H groups in total. The third-order valence-corrected chi connectivity index (χ3v) is 10.6. The van der Waals surface area contributed by atoms with E-state index in [0.717, 1.165) is 44.2 Å². The van der Waals surface area contributed by atoms with Crippen molar-refractivity contribution in [2.45, 2.75) is 5.41 Å². The minimum Gasteiger partial charge on any atom is -0.455 e. The van der Waals surface area contributed by atoms with Crippen molar-refractivity contribution in [1.29, 1.82) is 0 Å². The molecular formula is C46H27N3O. The Morgan fingerprint density at radius 2 is 0.940 bits per heavy atom. The van der Waals surface area contributed by atoms with Gasteiger partial charge in [-0.15, -0.1) is 0 Å². The molecule has 0 saturated carbocycles. The molecule has 232 valence electrons. The van der Waals surface area contributed by atoms with E-state index >= 15 is 0 Å². The molecule has 50 heavy (non-hydrogen) atoms. The number of hydrogen-bond acceptors (Lipinski definition) is 4. The Kier molecular flexibility index (Phi) is 5.56. The highest BCUT2D eigenvalue weighted by atomic mass is 16.3. The van der Waals surface area contributed by atoms with Gasteiger partial charge in [-0.2, -0.15) is 0 Å². The van der Waals surface area contributed by atoms with E-state index in [9.17, 15) is 0 Å². The zero-order valence-electron chi connectivity index (χ0n) is 26.8. The van der Waals surface area contributed by atoms with Gasteiger partial charge in [0.05, 0.1) is 5.41 Å². The zero-order chi connectivity index (χ0) is 32.8. The average molecular weight is 638 g/mol. The summed E-state index contributed by atoms with van der Waals surface area (Å²) in [6, 6.07) is 57.7. The fraction of sp³-hybridized carbons (Fsp3) is 0.0217. The third-order valence-electron chi connectivity index (χ3n) is 10.6. The molecule has 4 nitrogen and oxygen atoms in total. The third kappa shape index (κ3) is 3.62. The summed E-state index contributed by atoms with van der Waals surface area (Å²) in [5, 5.41) is 2.26. The van der Waals surface area contributed by atoms with Crippen LogP contribution in [0.1, 0.15) is 22.3 Å².